The summed E-state index contributed by atoms with van der Waals surface area (Å²) in [4.78, 5) is 13.4. The minimum atomic E-state index is -0.833. The first kappa shape index (κ1) is 22.2. The second-order valence-corrected chi connectivity index (χ2v) is 10.2. The van der Waals surface area contributed by atoms with E-state index in [1.165, 1.54) is 10.0 Å². The summed E-state index contributed by atoms with van der Waals surface area (Å²) < 4.78 is 0. The molecule has 5 heteroatoms. The van der Waals surface area contributed by atoms with Crippen molar-refractivity contribution in [2.75, 3.05) is 41.3 Å². The van der Waals surface area contributed by atoms with Crippen LogP contribution in [-0.4, -0.2) is 62.2 Å². The number of likely N-dealkylation sites (N-methyl/N-ethyl adjacent to an activating group) is 2. The normalized spacial score (nSPS) is 8.76. The summed E-state index contributed by atoms with van der Waals surface area (Å²) >= 11 is 0.0972. The number of hydrogen-bond donors (Lipinski definition) is 1. The van der Waals surface area contributed by atoms with Crippen LogP contribution in [-0.2, 0) is 21.9 Å². The van der Waals surface area contributed by atoms with Gasteiger partial charge in [0.25, 0.3) is 5.97 Å². The van der Waals surface area contributed by atoms with Crippen LogP contribution in [0.2, 0.25) is 10.0 Å². The van der Waals surface area contributed by atoms with Crippen molar-refractivity contribution in [1.82, 2.24) is 9.80 Å². The summed E-state index contributed by atoms with van der Waals surface area (Å²) in [5.41, 5.74) is 0. The van der Waals surface area contributed by atoms with E-state index < -0.39 is 5.97 Å². The number of carbonyl (C=O) groups is 1. The Morgan fingerprint density at radius 3 is 1.29 bits per heavy atom. The number of carboxylic acid groups (broad SMARTS) is 1. The molecule has 0 spiro atoms. The first-order valence-corrected chi connectivity index (χ1v) is 10.5. The van der Waals surface area contributed by atoms with Gasteiger partial charge in [0.15, 0.2) is 0 Å². The molecular formula is C12H30N2O2Zn. The molecule has 0 aromatic rings. The molecule has 0 radical (unpaired) electrons. The molecule has 0 unspecified atom stereocenters. The second kappa shape index (κ2) is 18.4. The average Bonchev–Trinajstić information content (AvgIpc) is 2.16. The Morgan fingerprint density at radius 1 is 1.00 bits per heavy atom. The topological polar surface area (TPSA) is 43.8 Å². The summed E-state index contributed by atoms with van der Waals surface area (Å²) in [5.74, 6) is -0.833. The first-order valence-electron chi connectivity index (χ1n) is 6.26. The Bertz CT molecular complexity index is 139. The average molecular weight is 300 g/mol. The zero-order valence-corrected chi connectivity index (χ0v) is 15.8. The quantitative estimate of drug-likeness (QED) is 0.790. The Labute approximate surface area is 115 Å². The van der Waals surface area contributed by atoms with Crippen molar-refractivity contribution >= 4 is 5.97 Å². The molecule has 4 nitrogen and oxygen atoms in total. The molecule has 0 aliphatic carbocycles. The van der Waals surface area contributed by atoms with Crippen LogP contribution in [0.5, 0.6) is 0 Å². The maximum absolute atomic E-state index is 9.00. The predicted molar refractivity (Wildman–Crippen MR) is 71.4 cm³/mol. The number of nitrogens with zero attached hydrogens (tertiary/aromatic N) is 2. The molecule has 0 saturated carbocycles. The van der Waals surface area contributed by atoms with E-state index in [4.69, 9.17) is 9.90 Å². The van der Waals surface area contributed by atoms with Crippen molar-refractivity contribution in [3.63, 3.8) is 0 Å². The van der Waals surface area contributed by atoms with Crippen LogP contribution < -0.4 is 0 Å². The monoisotopic (exact) mass is 298 g/mol. The van der Waals surface area contributed by atoms with Crippen LogP contribution in [0.4, 0.5) is 0 Å². The van der Waals surface area contributed by atoms with Gasteiger partial charge in [0.2, 0.25) is 0 Å². The summed E-state index contributed by atoms with van der Waals surface area (Å²) in [6, 6.07) is 0. The van der Waals surface area contributed by atoms with Crippen LogP contribution in [0.25, 0.3) is 0 Å². The van der Waals surface area contributed by atoms with Gasteiger partial charge < -0.3 is 14.9 Å². The predicted octanol–water partition coefficient (Wildman–Crippen LogP) is 2.15. The molecule has 17 heavy (non-hydrogen) atoms. The van der Waals surface area contributed by atoms with Crippen LogP contribution in [0, 0.1) is 0 Å². The molecule has 0 aliphatic heterocycles. The van der Waals surface area contributed by atoms with Crippen molar-refractivity contribution in [2.24, 2.45) is 0 Å². The third-order valence-electron chi connectivity index (χ3n) is 1.70. The zero-order valence-electron chi connectivity index (χ0n) is 12.8. The molecule has 0 aromatic carbocycles. The van der Waals surface area contributed by atoms with Gasteiger partial charge in [-0.25, -0.2) is 0 Å². The molecule has 0 amide bonds. The fraction of sp³-hybridized carbons (Fsp3) is 0.917. The zero-order chi connectivity index (χ0) is 14.3. The summed E-state index contributed by atoms with van der Waals surface area (Å²) in [5, 5.41) is 10.5. The van der Waals surface area contributed by atoms with Gasteiger partial charge in [-0.1, -0.05) is 0 Å². The van der Waals surface area contributed by atoms with Crippen LogP contribution in [0.15, 0.2) is 0 Å². The number of aliphatic carboxylic acids is 1. The van der Waals surface area contributed by atoms with E-state index in [9.17, 15) is 0 Å². The Morgan fingerprint density at radius 2 is 1.24 bits per heavy atom. The summed E-state index contributed by atoms with van der Waals surface area (Å²) in [7, 11) is 8.35. The van der Waals surface area contributed by atoms with Crippen LogP contribution in [0.3, 0.4) is 0 Å². The standard InChI is InChI=1S/C6H16N2.C2H4O2.2C2H5.Zn/c1-7(2)5-6-8(3)4;1-2(3)4;2*1-2;/h5-6H2,1-4H3;1H3,(H,3,4);2*1H2,2H3;. The molecular weight excluding hydrogens is 270 g/mol. The second-order valence-electron chi connectivity index (χ2n) is 4.48. The summed E-state index contributed by atoms with van der Waals surface area (Å²) in [6.45, 7) is 7.97. The molecule has 0 aliphatic rings. The Hall–Kier alpha value is 0.0134. The first-order chi connectivity index (χ1) is 7.77. The Kier molecular flexibility index (Phi) is 24.0. The fourth-order valence-electron chi connectivity index (χ4n) is 0.754. The third-order valence-corrected chi connectivity index (χ3v) is 4.67. The van der Waals surface area contributed by atoms with Gasteiger partial charge >= 0.3 is 41.0 Å². The molecule has 1 N–H and O–H groups in total. The van der Waals surface area contributed by atoms with Gasteiger partial charge in [0.1, 0.15) is 0 Å². The van der Waals surface area contributed by atoms with E-state index in [-0.39, 0.29) is 17.1 Å². The number of hydrogen-bond acceptors (Lipinski definition) is 3. The fourth-order valence-corrected chi connectivity index (χ4v) is 2.24. The number of rotatable bonds is 5. The van der Waals surface area contributed by atoms with E-state index in [2.05, 4.69) is 51.8 Å². The molecule has 0 aromatic heterocycles. The maximum atomic E-state index is 9.00. The third kappa shape index (κ3) is 63.9. The molecule has 0 bridgehead atoms. The van der Waals surface area contributed by atoms with Crippen LogP contribution >= 0.6 is 0 Å². The van der Waals surface area contributed by atoms with Crippen molar-refractivity contribution in [3.8, 4) is 0 Å². The van der Waals surface area contributed by atoms with Crippen molar-refractivity contribution in [1.29, 1.82) is 0 Å². The van der Waals surface area contributed by atoms with Gasteiger partial charge in [-0.3, -0.25) is 4.79 Å². The van der Waals surface area contributed by atoms with E-state index >= 15 is 0 Å². The van der Waals surface area contributed by atoms with E-state index in [0.29, 0.717) is 0 Å². The minimum absolute atomic E-state index is 0.0972. The molecule has 102 valence electrons. The van der Waals surface area contributed by atoms with Gasteiger partial charge in [0, 0.05) is 20.0 Å². The van der Waals surface area contributed by atoms with E-state index in [0.717, 1.165) is 20.0 Å². The van der Waals surface area contributed by atoms with Gasteiger partial charge in [-0.2, -0.15) is 0 Å². The van der Waals surface area contributed by atoms with Crippen molar-refractivity contribution in [2.45, 2.75) is 30.8 Å². The van der Waals surface area contributed by atoms with Crippen LogP contribution in [0.1, 0.15) is 20.8 Å². The number of carboxylic acids is 1. The molecule has 0 saturated heterocycles. The molecule has 0 atom stereocenters. The SMILES string of the molecule is CC(=O)O.CN(C)CCN(C)C.C[CH2][Zn][CH2]C. The van der Waals surface area contributed by atoms with E-state index in [1.807, 2.05) is 0 Å². The van der Waals surface area contributed by atoms with Gasteiger partial charge in [0.05, 0.1) is 0 Å². The van der Waals surface area contributed by atoms with Crippen molar-refractivity contribution < 1.29 is 27.0 Å². The van der Waals surface area contributed by atoms with Gasteiger partial charge in [-0.05, 0) is 28.2 Å². The Balaban J connectivity index is -0.000000188. The molecule has 0 rings (SSSR count). The summed E-state index contributed by atoms with van der Waals surface area (Å²) in [6.07, 6.45) is 0. The molecule has 0 heterocycles. The van der Waals surface area contributed by atoms with Crippen molar-refractivity contribution in [3.05, 3.63) is 0 Å². The van der Waals surface area contributed by atoms with E-state index in [1.54, 1.807) is 0 Å². The molecule has 0 fully saturated rings. The van der Waals surface area contributed by atoms with Gasteiger partial charge in [-0.15, -0.1) is 0 Å².